The van der Waals surface area contributed by atoms with E-state index in [1.807, 2.05) is 30.3 Å². The highest BCUT2D eigenvalue weighted by Gasteiger charge is 2.27. The number of nitrogens with one attached hydrogen (secondary N) is 1. The lowest BCUT2D eigenvalue weighted by Gasteiger charge is -2.37. The number of nitrogens with zero attached hydrogens (tertiary/aromatic N) is 1. The summed E-state index contributed by atoms with van der Waals surface area (Å²) >= 11 is 0. The van der Waals surface area contributed by atoms with Crippen LogP contribution in [0, 0.1) is 5.92 Å². The summed E-state index contributed by atoms with van der Waals surface area (Å²) in [6.07, 6.45) is 4.91. The van der Waals surface area contributed by atoms with Crippen LogP contribution in [0.1, 0.15) is 36.0 Å². The van der Waals surface area contributed by atoms with Crippen molar-refractivity contribution in [2.75, 3.05) is 32.8 Å². The van der Waals surface area contributed by atoms with E-state index in [4.69, 9.17) is 4.74 Å². The molecular formula is C18H26N2O2. The molecule has 120 valence electrons. The van der Waals surface area contributed by atoms with Gasteiger partial charge in [0.2, 0.25) is 0 Å². The van der Waals surface area contributed by atoms with E-state index in [1.54, 1.807) is 0 Å². The van der Waals surface area contributed by atoms with Crippen molar-refractivity contribution in [3.05, 3.63) is 35.9 Å². The van der Waals surface area contributed by atoms with Gasteiger partial charge in [0.1, 0.15) is 0 Å². The number of ether oxygens (including phenoxy) is 1. The van der Waals surface area contributed by atoms with Crippen LogP contribution in [0.15, 0.2) is 30.3 Å². The van der Waals surface area contributed by atoms with Crippen LogP contribution >= 0.6 is 0 Å². The predicted molar refractivity (Wildman–Crippen MR) is 86.9 cm³/mol. The number of likely N-dealkylation sites (tertiary alicyclic amines) is 1. The molecule has 2 fully saturated rings. The molecule has 3 rings (SSSR count). The molecule has 2 atom stereocenters. The van der Waals surface area contributed by atoms with Gasteiger partial charge >= 0.3 is 0 Å². The van der Waals surface area contributed by atoms with Crippen molar-refractivity contribution < 1.29 is 9.53 Å². The first-order valence-corrected chi connectivity index (χ1v) is 8.48. The lowest BCUT2D eigenvalue weighted by atomic mass is 9.99. The Morgan fingerprint density at radius 3 is 2.86 bits per heavy atom. The first-order valence-electron chi connectivity index (χ1n) is 8.48. The van der Waals surface area contributed by atoms with E-state index in [0.717, 1.165) is 38.4 Å². The maximum atomic E-state index is 12.2. The van der Waals surface area contributed by atoms with E-state index in [0.29, 0.717) is 12.0 Å². The minimum Gasteiger partial charge on any atom is -0.381 e. The molecular weight excluding hydrogens is 276 g/mol. The fourth-order valence-corrected chi connectivity index (χ4v) is 3.49. The molecule has 0 aliphatic carbocycles. The van der Waals surface area contributed by atoms with Crippen LogP contribution in [0.2, 0.25) is 0 Å². The number of hydrogen-bond acceptors (Lipinski definition) is 3. The van der Waals surface area contributed by atoms with Crippen LogP contribution in [0.3, 0.4) is 0 Å². The molecule has 0 radical (unpaired) electrons. The number of carbonyl (C=O) groups is 1. The monoisotopic (exact) mass is 302 g/mol. The van der Waals surface area contributed by atoms with Crippen LogP contribution < -0.4 is 5.32 Å². The van der Waals surface area contributed by atoms with Crippen LogP contribution in [-0.4, -0.2) is 49.7 Å². The van der Waals surface area contributed by atoms with Gasteiger partial charge in [-0.1, -0.05) is 24.6 Å². The Morgan fingerprint density at radius 1 is 1.23 bits per heavy atom. The van der Waals surface area contributed by atoms with E-state index in [-0.39, 0.29) is 5.91 Å². The first kappa shape index (κ1) is 15.5. The van der Waals surface area contributed by atoms with E-state index in [1.165, 1.54) is 25.7 Å². The molecule has 2 aliphatic heterocycles. The number of hydrogen-bond donors (Lipinski definition) is 1. The highest BCUT2D eigenvalue weighted by atomic mass is 16.5. The van der Waals surface area contributed by atoms with Crippen molar-refractivity contribution in [1.29, 1.82) is 0 Å². The summed E-state index contributed by atoms with van der Waals surface area (Å²) in [4.78, 5) is 14.8. The molecule has 1 amide bonds. The Labute approximate surface area is 132 Å². The summed E-state index contributed by atoms with van der Waals surface area (Å²) in [5.41, 5.74) is 0.744. The molecule has 0 spiro atoms. The number of piperidine rings is 1. The zero-order chi connectivity index (χ0) is 15.2. The minimum absolute atomic E-state index is 0.0373. The van der Waals surface area contributed by atoms with Crippen LogP contribution in [0.25, 0.3) is 0 Å². The standard InChI is InChI=1S/C18H26N2O2/c21-18(16-6-2-1-3-7-16)19-12-17-8-4-5-10-20(17)13-15-9-11-22-14-15/h1-3,6-7,15,17H,4-5,8-14H2,(H,19,21)/t15-,17-/m1/s1. The SMILES string of the molecule is O=C(NC[C@H]1CCCCN1C[C@H]1CCOC1)c1ccccc1. The van der Waals surface area contributed by atoms with Gasteiger partial charge in [-0.25, -0.2) is 0 Å². The molecule has 2 heterocycles. The van der Waals surface area contributed by atoms with Crippen molar-refractivity contribution in [3.63, 3.8) is 0 Å². The largest absolute Gasteiger partial charge is 0.381 e. The predicted octanol–water partition coefficient (Wildman–Crippen LogP) is 2.31. The number of benzene rings is 1. The summed E-state index contributed by atoms with van der Waals surface area (Å²) < 4.78 is 5.49. The van der Waals surface area contributed by atoms with Gasteiger partial charge in [-0.3, -0.25) is 9.69 Å². The molecule has 22 heavy (non-hydrogen) atoms. The third kappa shape index (κ3) is 4.08. The Kier molecular flexibility index (Phi) is 5.46. The molecule has 4 heteroatoms. The zero-order valence-electron chi connectivity index (χ0n) is 13.2. The topological polar surface area (TPSA) is 41.6 Å². The summed E-state index contributed by atoms with van der Waals surface area (Å²) in [7, 11) is 0. The van der Waals surface area contributed by atoms with Crippen molar-refractivity contribution in [1.82, 2.24) is 10.2 Å². The second-order valence-electron chi connectivity index (χ2n) is 6.45. The van der Waals surface area contributed by atoms with Gasteiger partial charge < -0.3 is 10.1 Å². The molecule has 0 saturated carbocycles. The minimum atomic E-state index is 0.0373. The van der Waals surface area contributed by atoms with Gasteiger partial charge in [0.15, 0.2) is 0 Å². The second-order valence-corrected chi connectivity index (χ2v) is 6.45. The highest BCUT2D eigenvalue weighted by Crippen LogP contribution is 2.21. The van der Waals surface area contributed by atoms with Gasteiger partial charge in [-0.15, -0.1) is 0 Å². The average Bonchev–Trinajstić information content (AvgIpc) is 3.07. The molecule has 1 aromatic carbocycles. The van der Waals surface area contributed by atoms with Crippen LogP contribution in [0.5, 0.6) is 0 Å². The van der Waals surface area contributed by atoms with Crippen LogP contribution in [0.4, 0.5) is 0 Å². The van der Waals surface area contributed by atoms with E-state index >= 15 is 0 Å². The lowest BCUT2D eigenvalue weighted by molar-refractivity contribution is 0.0884. The molecule has 2 aliphatic rings. The van der Waals surface area contributed by atoms with Gasteiger partial charge in [-0.05, 0) is 43.9 Å². The number of rotatable bonds is 5. The van der Waals surface area contributed by atoms with E-state index in [9.17, 15) is 4.79 Å². The third-order valence-electron chi connectivity index (χ3n) is 4.80. The van der Waals surface area contributed by atoms with Crippen molar-refractivity contribution in [2.45, 2.75) is 31.7 Å². The van der Waals surface area contributed by atoms with E-state index < -0.39 is 0 Å². The molecule has 4 nitrogen and oxygen atoms in total. The Bertz CT molecular complexity index is 471. The second kappa shape index (κ2) is 7.75. The lowest BCUT2D eigenvalue weighted by Crippen LogP contribution is -2.48. The number of carbonyl (C=O) groups excluding carboxylic acids is 1. The summed E-state index contributed by atoms with van der Waals surface area (Å²) in [5, 5.41) is 3.11. The van der Waals surface area contributed by atoms with Crippen molar-refractivity contribution in [3.8, 4) is 0 Å². The van der Waals surface area contributed by atoms with E-state index in [2.05, 4.69) is 10.2 Å². The van der Waals surface area contributed by atoms with Gasteiger partial charge in [0.25, 0.3) is 5.91 Å². The highest BCUT2D eigenvalue weighted by molar-refractivity contribution is 5.94. The maximum absolute atomic E-state index is 12.2. The van der Waals surface area contributed by atoms with Crippen LogP contribution in [-0.2, 0) is 4.74 Å². The average molecular weight is 302 g/mol. The fourth-order valence-electron chi connectivity index (χ4n) is 3.49. The third-order valence-corrected chi connectivity index (χ3v) is 4.80. The first-order chi connectivity index (χ1) is 10.8. The van der Waals surface area contributed by atoms with Gasteiger partial charge in [0.05, 0.1) is 6.61 Å². The smallest absolute Gasteiger partial charge is 0.251 e. The fraction of sp³-hybridized carbons (Fsp3) is 0.611. The Balaban J connectivity index is 1.51. The molecule has 0 unspecified atom stereocenters. The molecule has 1 N–H and O–H groups in total. The summed E-state index contributed by atoms with van der Waals surface area (Å²) in [5.74, 6) is 0.709. The number of amides is 1. The van der Waals surface area contributed by atoms with Crippen molar-refractivity contribution >= 4 is 5.91 Å². The zero-order valence-corrected chi connectivity index (χ0v) is 13.2. The normalized spacial score (nSPS) is 26.0. The van der Waals surface area contributed by atoms with Gasteiger partial charge in [0, 0.05) is 31.3 Å². The van der Waals surface area contributed by atoms with Crippen molar-refractivity contribution in [2.24, 2.45) is 5.92 Å². The molecule has 1 aromatic rings. The Morgan fingerprint density at radius 2 is 2.09 bits per heavy atom. The summed E-state index contributed by atoms with van der Waals surface area (Å²) in [6, 6.07) is 9.95. The molecule has 2 saturated heterocycles. The van der Waals surface area contributed by atoms with Gasteiger partial charge in [-0.2, -0.15) is 0 Å². The maximum Gasteiger partial charge on any atom is 0.251 e. The molecule has 0 aromatic heterocycles. The Hall–Kier alpha value is -1.39. The summed E-state index contributed by atoms with van der Waals surface area (Å²) in [6.45, 7) is 4.84. The molecule has 0 bridgehead atoms. The quantitative estimate of drug-likeness (QED) is 0.907.